The monoisotopic (exact) mass is 371 g/mol. The Morgan fingerprint density at radius 3 is 1.92 bits per heavy atom. The SMILES string of the molecule is CC(C)C#CCCNC(=O)COCCOCCOCCOCCC(C)C. The number of ether oxygens (including phenoxy) is 4. The van der Waals surface area contributed by atoms with Crippen molar-refractivity contribution in [3.05, 3.63) is 0 Å². The Morgan fingerprint density at radius 1 is 0.846 bits per heavy atom. The first-order valence-corrected chi connectivity index (χ1v) is 9.58. The van der Waals surface area contributed by atoms with E-state index in [1.807, 2.05) is 13.8 Å². The number of carbonyl (C=O) groups is 1. The summed E-state index contributed by atoms with van der Waals surface area (Å²) in [6, 6.07) is 0. The third-order valence-corrected chi connectivity index (χ3v) is 3.15. The first-order chi connectivity index (χ1) is 12.5. The fourth-order valence-corrected chi connectivity index (χ4v) is 1.74. The van der Waals surface area contributed by atoms with Crippen LogP contribution in [0.15, 0.2) is 0 Å². The summed E-state index contributed by atoms with van der Waals surface area (Å²) < 4.78 is 21.5. The Balaban J connectivity index is 3.21. The van der Waals surface area contributed by atoms with Gasteiger partial charge in [-0.2, -0.15) is 0 Å². The average molecular weight is 372 g/mol. The van der Waals surface area contributed by atoms with Crippen molar-refractivity contribution in [3.63, 3.8) is 0 Å². The molecule has 0 unspecified atom stereocenters. The summed E-state index contributed by atoms with van der Waals surface area (Å²) >= 11 is 0. The molecular weight excluding hydrogens is 334 g/mol. The molecule has 0 spiro atoms. The van der Waals surface area contributed by atoms with Gasteiger partial charge in [0.25, 0.3) is 0 Å². The minimum Gasteiger partial charge on any atom is -0.379 e. The van der Waals surface area contributed by atoms with Gasteiger partial charge in [-0.1, -0.05) is 27.7 Å². The van der Waals surface area contributed by atoms with Crippen molar-refractivity contribution < 1.29 is 23.7 Å². The normalized spacial score (nSPS) is 10.8. The molecule has 0 aromatic rings. The van der Waals surface area contributed by atoms with Gasteiger partial charge in [0.05, 0.1) is 39.6 Å². The second-order valence-electron chi connectivity index (χ2n) is 6.65. The molecule has 0 aliphatic carbocycles. The summed E-state index contributed by atoms with van der Waals surface area (Å²) in [4.78, 5) is 11.5. The minimum atomic E-state index is -0.128. The molecule has 0 aromatic carbocycles. The lowest BCUT2D eigenvalue weighted by Gasteiger charge is -2.08. The third kappa shape index (κ3) is 20.9. The molecule has 0 rings (SSSR count). The van der Waals surface area contributed by atoms with Crippen molar-refractivity contribution in [3.8, 4) is 11.8 Å². The van der Waals surface area contributed by atoms with E-state index in [1.54, 1.807) is 0 Å². The molecule has 0 aliphatic heterocycles. The molecule has 0 bridgehead atoms. The van der Waals surface area contributed by atoms with Gasteiger partial charge in [-0.05, 0) is 12.3 Å². The van der Waals surface area contributed by atoms with Crippen molar-refractivity contribution in [2.45, 2.75) is 40.5 Å². The maximum Gasteiger partial charge on any atom is 0.246 e. The fraction of sp³-hybridized carbons (Fsp3) is 0.850. The third-order valence-electron chi connectivity index (χ3n) is 3.15. The first-order valence-electron chi connectivity index (χ1n) is 9.58. The molecule has 0 saturated carbocycles. The van der Waals surface area contributed by atoms with Gasteiger partial charge in [0.1, 0.15) is 6.61 Å². The highest BCUT2D eigenvalue weighted by molar-refractivity contribution is 5.77. The van der Waals surface area contributed by atoms with E-state index in [2.05, 4.69) is 31.0 Å². The number of carbonyl (C=O) groups excluding carboxylic acids is 1. The highest BCUT2D eigenvalue weighted by Crippen LogP contribution is 1.98. The van der Waals surface area contributed by atoms with Gasteiger partial charge in [-0.25, -0.2) is 0 Å². The van der Waals surface area contributed by atoms with Crippen LogP contribution >= 0.6 is 0 Å². The molecule has 1 N–H and O–H groups in total. The average Bonchev–Trinajstić information content (AvgIpc) is 2.58. The molecular formula is C20H37NO5. The Hall–Kier alpha value is -1.13. The van der Waals surface area contributed by atoms with Gasteiger partial charge < -0.3 is 24.3 Å². The van der Waals surface area contributed by atoms with E-state index in [0.717, 1.165) is 13.0 Å². The topological polar surface area (TPSA) is 66.0 Å². The zero-order valence-corrected chi connectivity index (χ0v) is 17.0. The van der Waals surface area contributed by atoms with Gasteiger partial charge in [-0.15, -0.1) is 11.8 Å². The van der Waals surface area contributed by atoms with E-state index in [-0.39, 0.29) is 12.5 Å². The Labute approximate surface area is 159 Å². The smallest absolute Gasteiger partial charge is 0.246 e. The van der Waals surface area contributed by atoms with Crippen molar-refractivity contribution in [1.29, 1.82) is 0 Å². The predicted octanol–water partition coefficient (Wildman–Crippen LogP) is 2.26. The zero-order chi connectivity index (χ0) is 19.5. The molecule has 0 aliphatic rings. The molecule has 152 valence electrons. The van der Waals surface area contributed by atoms with Gasteiger partial charge in [-0.3, -0.25) is 4.79 Å². The van der Waals surface area contributed by atoms with E-state index >= 15 is 0 Å². The molecule has 6 heteroatoms. The maximum atomic E-state index is 11.5. The number of rotatable bonds is 16. The van der Waals surface area contributed by atoms with Crippen LogP contribution in [0.25, 0.3) is 0 Å². The van der Waals surface area contributed by atoms with Crippen LogP contribution in [0.2, 0.25) is 0 Å². The van der Waals surface area contributed by atoms with E-state index in [4.69, 9.17) is 18.9 Å². The van der Waals surface area contributed by atoms with Crippen molar-refractivity contribution >= 4 is 5.91 Å². The number of nitrogens with one attached hydrogen (secondary N) is 1. The maximum absolute atomic E-state index is 11.5. The second-order valence-corrected chi connectivity index (χ2v) is 6.65. The molecule has 0 aromatic heterocycles. The summed E-state index contributed by atoms with van der Waals surface area (Å²) in [6.07, 6.45) is 1.74. The molecule has 0 radical (unpaired) electrons. The van der Waals surface area contributed by atoms with Crippen LogP contribution < -0.4 is 5.32 Å². The quantitative estimate of drug-likeness (QED) is 0.333. The van der Waals surface area contributed by atoms with E-state index in [0.29, 0.717) is 64.4 Å². The van der Waals surface area contributed by atoms with Crippen LogP contribution in [0.3, 0.4) is 0 Å². The van der Waals surface area contributed by atoms with Gasteiger partial charge in [0.15, 0.2) is 0 Å². The summed E-state index contributed by atoms with van der Waals surface area (Å²) in [5.74, 6) is 6.97. The summed E-state index contributed by atoms with van der Waals surface area (Å²) in [7, 11) is 0. The highest BCUT2D eigenvalue weighted by Gasteiger charge is 2.00. The molecule has 0 atom stereocenters. The molecule has 26 heavy (non-hydrogen) atoms. The van der Waals surface area contributed by atoms with Crippen LogP contribution in [0.5, 0.6) is 0 Å². The summed E-state index contributed by atoms with van der Waals surface area (Å²) in [5, 5.41) is 2.76. The molecule has 6 nitrogen and oxygen atoms in total. The van der Waals surface area contributed by atoms with Crippen LogP contribution in [0, 0.1) is 23.7 Å². The number of hydrogen-bond donors (Lipinski definition) is 1. The van der Waals surface area contributed by atoms with E-state index < -0.39 is 0 Å². The lowest BCUT2D eigenvalue weighted by molar-refractivity contribution is -0.126. The molecule has 0 fully saturated rings. The van der Waals surface area contributed by atoms with E-state index in [1.165, 1.54) is 0 Å². The molecule has 0 saturated heterocycles. The van der Waals surface area contributed by atoms with Crippen LogP contribution in [-0.2, 0) is 23.7 Å². The molecule has 0 heterocycles. The zero-order valence-electron chi connectivity index (χ0n) is 17.0. The Bertz CT molecular complexity index is 387. The predicted molar refractivity (Wildman–Crippen MR) is 103 cm³/mol. The van der Waals surface area contributed by atoms with Gasteiger partial charge in [0.2, 0.25) is 5.91 Å². The number of hydrogen-bond acceptors (Lipinski definition) is 5. The Kier molecular flexibility index (Phi) is 17.8. The largest absolute Gasteiger partial charge is 0.379 e. The van der Waals surface area contributed by atoms with Crippen LogP contribution in [0.4, 0.5) is 0 Å². The van der Waals surface area contributed by atoms with Crippen molar-refractivity contribution in [2.24, 2.45) is 11.8 Å². The molecule has 1 amide bonds. The number of amides is 1. The van der Waals surface area contributed by atoms with Crippen LogP contribution in [-0.4, -0.2) is 65.3 Å². The standard InChI is InChI=1S/C20H37NO5/c1-18(2)7-5-6-9-21-20(22)17-26-16-15-25-14-13-24-12-11-23-10-8-19(3)4/h18-19H,6,8-17H2,1-4H3,(H,21,22). The van der Waals surface area contributed by atoms with E-state index in [9.17, 15) is 4.79 Å². The lowest BCUT2D eigenvalue weighted by atomic mass is 10.1. The fourth-order valence-electron chi connectivity index (χ4n) is 1.74. The minimum absolute atomic E-state index is 0.0468. The summed E-state index contributed by atoms with van der Waals surface area (Å²) in [6.45, 7) is 12.9. The first kappa shape index (κ1) is 24.9. The van der Waals surface area contributed by atoms with Crippen molar-refractivity contribution in [2.75, 3.05) is 59.4 Å². The summed E-state index contributed by atoms with van der Waals surface area (Å²) in [5.41, 5.74) is 0. The highest BCUT2D eigenvalue weighted by atomic mass is 16.6. The second kappa shape index (κ2) is 18.7. The van der Waals surface area contributed by atoms with Crippen LogP contribution in [0.1, 0.15) is 40.5 Å². The van der Waals surface area contributed by atoms with Gasteiger partial charge in [0, 0.05) is 25.5 Å². The van der Waals surface area contributed by atoms with Gasteiger partial charge >= 0.3 is 0 Å². The lowest BCUT2D eigenvalue weighted by Crippen LogP contribution is -2.28. The van der Waals surface area contributed by atoms with Crippen molar-refractivity contribution in [1.82, 2.24) is 5.32 Å². The Morgan fingerprint density at radius 2 is 1.38 bits per heavy atom.